The molecule has 2 rings (SSSR count). The second kappa shape index (κ2) is 8.47. The third kappa shape index (κ3) is 5.08. The summed E-state index contributed by atoms with van der Waals surface area (Å²) in [5.74, 6) is -0.443. The molecule has 0 unspecified atom stereocenters. The van der Waals surface area contributed by atoms with Gasteiger partial charge in [0.25, 0.3) is 5.91 Å². The van der Waals surface area contributed by atoms with Gasteiger partial charge in [0.1, 0.15) is 0 Å². The van der Waals surface area contributed by atoms with Crippen LogP contribution in [0.25, 0.3) is 0 Å². The number of rotatable bonds is 5. The molecule has 1 aromatic rings. The van der Waals surface area contributed by atoms with Gasteiger partial charge in [-0.25, -0.2) is 0 Å². The van der Waals surface area contributed by atoms with E-state index in [2.05, 4.69) is 10.6 Å². The van der Waals surface area contributed by atoms with Crippen molar-refractivity contribution in [2.45, 2.75) is 32.7 Å². The number of nitrogens with zero attached hydrogens (tertiary/aromatic N) is 1. The molecule has 1 atom stereocenters. The minimum absolute atomic E-state index is 0.00618. The molecule has 1 heterocycles. The number of amides is 3. The van der Waals surface area contributed by atoms with Gasteiger partial charge in [-0.15, -0.1) is 0 Å². The number of carbonyl (C=O) groups is 3. The molecule has 0 aliphatic carbocycles. The van der Waals surface area contributed by atoms with Gasteiger partial charge in [-0.05, 0) is 25.0 Å². The molecule has 0 spiro atoms. The van der Waals surface area contributed by atoms with Gasteiger partial charge >= 0.3 is 0 Å². The molecule has 0 saturated carbocycles. The van der Waals surface area contributed by atoms with Crippen LogP contribution in [0.15, 0.2) is 30.3 Å². The predicted octanol–water partition coefficient (Wildman–Crippen LogP) is 1.18. The SMILES string of the molecule is CC(C)C(=O)N[C@H]1CCCN(C(=O)CNC(=O)c2ccccc2)C1. The lowest BCUT2D eigenvalue weighted by Crippen LogP contribution is -2.52. The van der Waals surface area contributed by atoms with Gasteiger partial charge in [0.2, 0.25) is 11.8 Å². The molecule has 24 heavy (non-hydrogen) atoms. The molecule has 0 aromatic heterocycles. The Bertz CT molecular complexity index is 586. The van der Waals surface area contributed by atoms with Crippen molar-refractivity contribution in [1.29, 1.82) is 0 Å². The Morgan fingerprint density at radius 3 is 2.58 bits per heavy atom. The Labute approximate surface area is 142 Å². The Hall–Kier alpha value is -2.37. The fraction of sp³-hybridized carbons (Fsp3) is 0.500. The van der Waals surface area contributed by atoms with Crippen LogP contribution in [0.1, 0.15) is 37.0 Å². The lowest BCUT2D eigenvalue weighted by atomic mass is 10.0. The van der Waals surface area contributed by atoms with Crippen molar-refractivity contribution in [2.24, 2.45) is 5.92 Å². The van der Waals surface area contributed by atoms with Crippen LogP contribution in [0.4, 0.5) is 0 Å². The highest BCUT2D eigenvalue weighted by Gasteiger charge is 2.25. The lowest BCUT2D eigenvalue weighted by Gasteiger charge is -2.33. The van der Waals surface area contributed by atoms with Crippen LogP contribution in [0.2, 0.25) is 0 Å². The van der Waals surface area contributed by atoms with Crippen molar-refractivity contribution in [3.05, 3.63) is 35.9 Å². The molecule has 2 N–H and O–H groups in total. The quantitative estimate of drug-likeness (QED) is 0.850. The van der Waals surface area contributed by atoms with Crippen LogP contribution < -0.4 is 10.6 Å². The Morgan fingerprint density at radius 2 is 1.92 bits per heavy atom. The molecule has 6 nitrogen and oxygen atoms in total. The molecule has 130 valence electrons. The fourth-order valence-electron chi connectivity index (χ4n) is 2.65. The first-order valence-corrected chi connectivity index (χ1v) is 8.38. The number of piperidine rings is 1. The highest BCUT2D eigenvalue weighted by atomic mass is 16.2. The highest BCUT2D eigenvalue weighted by molar-refractivity contribution is 5.96. The number of likely N-dealkylation sites (tertiary alicyclic amines) is 1. The van der Waals surface area contributed by atoms with E-state index in [1.54, 1.807) is 29.2 Å². The van der Waals surface area contributed by atoms with E-state index in [-0.39, 0.29) is 36.2 Å². The maximum Gasteiger partial charge on any atom is 0.251 e. The van der Waals surface area contributed by atoms with Crippen molar-refractivity contribution < 1.29 is 14.4 Å². The Morgan fingerprint density at radius 1 is 1.21 bits per heavy atom. The number of hydrogen-bond donors (Lipinski definition) is 2. The van der Waals surface area contributed by atoms with E-state index in [0.29, 0.717) is 18.7 Å². The summed E-state index contributed by atoms with van der Waals surface area (Å²) >= 11 is 0. The monoisotopic (exact) mass is 331 g/mol. The summed E-state index contributed by atoms with van der Waals surface area (Å²) in [6.07, 6.45) is 1.72. The molecule has 1 aliphatic rings. The first kappa shape index (κ1) is 18.0. The third-order valence-electron chi connectivity index (χ3n) is 4.08. The van der Waals surface area contributed by atoms with Crippen LogP contribution in [0.5, 0.6) is 0 Å². The van der Waals surface area contributed by atoms with Crippen LogP contribution in [-0.4, -0.2) is 48.3 Å². The number of nitrogens with one attached hydrogen (secondary N) is 2. The molecule has 6 heteroatoms. The zero-order valence-corrected chi connectivity index (χ0v) is 14.2. The normalized spacial score (nSPS) is 17.5. The lowest BCUT2D eigenvalue weighted by molar-refractivity contribution is -0.133. The molecule has 0 radical (unpaired) electrons. The largest absolute Gasteiger partial charge is 0.351 e. The smallest absolute Gasteiger partial charge is 0.251 e. The number of benzene rings is 1. The highest BCUT2D eigenvalue weighted by Crippen LogP contribution is 2.11. The van der Waals surface area contributed by atoms with E-state index in [1.807, 2.05) is 19.9 Å². The Kier molecular flexibility index (Phi) is 6.35. The zero-order valence-electron chi connectivity index (χ0n) is 14.2. The van der Waals surface area contributed by atoms with Crippen molar-refractivity contribution in [1.82, 2.24) is 15.5 Å². The van der Waals surface area contributed by atoms with Crippen molar-refractivity contribution in [3.8, 4) is 0 Å². The zero-order chi connectivity index (χ0) is 17.5. The molecule has 3 amide bonds. The van der Waals surface area contributed by atoms with E-state index < -0.39 is 0 Å². The van der Waals surface area contributed by atoms with E-state index in [4.69, 9.17) is 0 Å². The molecule has 1 aromatic carbocycles. The minimum atomic E-state index is -0.259. The van der Waals surface area contributed by atoms with Gasteiger partial charge in [-0.2, -0.15) is 0 Å². The van der Waals surface area contributed by atoms with E-state index >= 15 is 0 Å². The fourth-order valence-corrected chi connectivity index (χ4v) is 2.65. The van der Waals surface area contributed by atoms with Gasteiger partial charge in [0.15, 0.2) is 0 Å². The molecule has 1 aliphatic heterocycles. The van der Waals surface area contributed by atoms with Crippen molar-refractivity contribution in [2.75, 3.05) is 19.6 Å². The van der Waals surface area contributed by atoms with E-state index in [0.717, 1.165) is 12.8 Å². The van der Waals surface area contributed by atoms with E-state index in [9.17, 15) is 14.4 Å². The van der Waals surface area contributed by atoms with Gasteiger partial charge < -0.3 is 15.5 Å². The summed E-state index contributed by atoms with van der Waals surface area (Å²) in [4.78, 5) is 37.8. The molecule has 0 bridgehead atoms. The topological polar surface area (TPSA) is 78.5 Å². The maximum atomic E-state index is 12.3. The molecular formula is C18H25N3O3. The second-order valence-electron chi connectivity index (χ2n) is 6.39. The van der Waals surface area contributed by atoms with Crippen LogP contribution in [0.3, 0.4) is 0 Å². The summed E-state index contributed by atoms with van der Waals surface area (Å²) in [7, 11) is 0. The average molecular weight is 331 g/mol. The Balaban J connectivity index is 1.81. The molecule has 1 fully saturated rings. The van der Waals surface area contributed by atoms with E-state index in [1.165, 1.54) is 0 Å². The standard InChI is InChI=1S/C18H25N3O3/c1-13(2)17(23)20-15-9-6-10-21(12-15)16(22)11-19-18(24)14-7-4-3-5-8-14/h3-5,7-8,13,15H,6,9-12H2,1-2H3,(H,19,24)(H,20,23)/t15-/m0/s1. The second-order valence-corrected chi connectivity index (χ2v) is 6.39. The average Bonchev–Trinajstić information content (AvgIpc) is 2.60. The maximum absolute atomic E-state index is 12.3. The van der Waals surface area contributed by atoms with Gasteiger partial charge in [0.05, 0.1) is 6.54 Å². The van der Waals surface area contributed by atoms with Crippen LogP contribution in [0, 0.1) is 5.92 Å². The summed E-state index contributed by atoms with van der Waals surface area (Å²) < 4.78 is 0. The third-order valence-corrected chi connectivity index (χ3v) is 4.08. The number of hydrogen-bond acceptors (Lipinski definition) is 3. The molecule has 1 saturated heterocycles. The summed E-state index contributed by atoms with van der Waals surface area (Å²) in [5, 5.41) is 5.63. The molecular weight excluding hydrogens is 306 g/mol. The van der Waals surface area contributed by atoms with Gasteiger partial charge in [-0.3, -0.25) is 14.4 Å². The predicted molar refractivity (Wildman–Crippen MR) is 91.4 cm³/mol. The number of carbonyl (C=O) groups excluding carboxylic acids is 3. The van der Waals surface area contributed by atoms with Crippen molar-refractivity contribution in [3.63, 3.8) is 0 Å². The van der Waals surface area contributed by atoms with Gasteiger partial charge in [0, 0.05) is 30.6 Å². The first-order valence-electron chi connectivity index (χ1n) is 8.38. The summed E-state index contributed by atoms with van der Waals surface area (Å²) in [6.45, 7) is 4.82. The van der Waals surface area contributed by atoms with Crippen LogP contribution in [-0.2, 0) is 9.59 Å². The summed E-state index contributed by atoms with van der Waals surface area (Å²) in [6, 6.07) is 8.80. The first-order chi connectivity index (χ1) is 11.5. The van der Waals surface area contributed by atoms with Crippen LogP contribution >= 0.6 is 0 Å². The van der Waals surface area contributed by atoms with Gasteiger partial charge in [-0.1, -0.05) is 32.0 Å². The minimum Gasteiger partial charge on any atom is -0.351 e. The summed E-state index contributed by atoms with van der Waals surface area (Å²) in [5.41, 5.74) is 0.533. The van der Waals surface area contributed by atoms with Crippen molar-refractivity contribution >= 4 is 17.7 Å².